The van der Waals surface area contributed by atoms with Crippen LogP contribution in [0.3, 0.4) is 0 Å². The summed E-state index contributed by atoms with van der Waals surface area (Å²) < 4.78 is 3.11. The van der Waals surface area contributed by atoms with Crippen molar-refractivity contribution < 1.29 is 28.8 Å². The number of Topliss-reactive ketones (excluding diaryl/α,β-unsaturated/α-hetero) is 3. The molecule has 0 bridgehead atoms. The molecule has 18 heteroatoms. The molecule has 0 aliphatic carbocycles. The van der Waals surface area contributed by atoms with Crippen LogP contribution in [0.4, 0.5) is 17.1 Å². The van der Waals surface area contributed by atoms with Gasteiger partial charge in [-0.15, -0.1) is 34.0 Å². The van der Waals surface area contributed by atoms with Crippen molar-refractivity contribution in [1.82, 2.24) is 0 Å². The number of thiophene rings is 3. The van der Waals surface area contributed by atoms with Gasteiger partial charge in [-0.05, 0) is 198 Å². The largest absolute Gasteiger partial charge is 0.330 e. The molecule has 0 fully saturated rings. The van der Waals surface area contributed by atoms with Crippen molar-refractivity contribution in [2.45, 2.75) is 99.6 Å². The van der Waals surface area contributed by atoms with Crippen molar-refractivity contribution in [1.29, 1.82) is 0 Å². The third kappa shape index (κ3) is 14.2. The zero-order chi connectivity index (χ0) is 60.1. The molecule has 15 N–H and O–H groups in total. The number of carbonyl (C=O) groups excluding carboxylic acids is 6. The van der Waals surface area contributed by atoms with E-state index in [0.717, 1.165) is 63.6 Å². The normalized spacial score (nSPS) is 13.7. The first-order valence-electron chi connectivity index (χ1n) is 28.7. The lowest BCUT2D eigenvalue weighted by Gasteiger charge is -2.28. The minimum absolute atomic E-state index is 0.0114. The molecule has 3 atom stereocenters. The summed E-state index contributed by atoms with van der Waals surface area (Å²) in [6.45, 7) is 1.16. The fraction of sp³-hybridized carbons (Fsp3) is 0.284. The number of anilines is 3. The number of carbonyl (C=O) groups is 6. The van der Waals surface area contributed by atoms with E-state index in [-0.39, 0.29) is 38.5 Å². The number of hydrogen-bond acceptors (Lipinski definition) is 15. The summed E-state index contributed by atoms with van der Waals surface area (Å²) in [6, 6.07) is 45.2. The first-order chi connectivity index (χ1) is 41.1. The fourth-order valence-corrected chi connectivity index (χ4v) is 13.8. The Morgan fingerprint density at radius 2 is 0.624 bits per heavy atom. The molecule has 0 unspecified atom stereocenters. The van der Waals surface area contributed by atoms with Crippen LogP contribution in [0.5, 0.6) is 0 Å². The van der Waals surface area contributed by atoms with Crippen LogP contribution in [0.25, 0.3) is 30.3 Å². The minimum Gasteiger partial charge on any atom is -0.330 e. The van der Waals surface area contributed by atoms with E-state index in [1.165, 1.54) is 34.0 Å². The summed E-state index contributed by atoms with van der Waals surface area (Å²) in [6.07, 6.45) is 3.48. The number of amides is 3. The molecule has 0 aliphatic heterocycles. The van der Waals surface area contributed by atoms with E-state index < -0.39 is 57.6 Å². The lowest BCUT2D eigenvalue weighted by molar-refractivity contribution is -0.134. The number of nitrogens with two attached hydrogens (primary N) is 6. The van der Waals surface area contributed by atoms with Crippen molar-refractivity contribution >= 4 is 116 Å². The lowest BCUT2D eigenvalue weighted by Crippen LogP contribution is -2.58. The summed E-state index contributed by atoms with van der Waals surface area (Å²) >= 11 is 4.60. The summed E-state index contributed by atoms with van der Waals surface area (Å²) in [5.41, 5.74) is 38.7. The Bertz CT molecular complexity index is 3430. The zero-order valence-corrected chi connectivity index (χ0v) is 49.9. The highest BCUT2D eigenvalue weighted by atomic mass is 32.1. The molecular weight excluding hydrogens is 1120 g/mol. The van der Waals surface area contributed by atoms with Crippen molar-refractivity contribution in [2.75, 3.05) is 35.6 Å². The van der Waals surface area contributed by atoms with Crippen LogP contribution in [0.15, 0.2) is 162 Å². The molecule has 85 heavy (non-hydrogen) atoms. The highest BCUT2D eigenvalue weighted by Crippen LogP contribution is 2.36. The maximum Gasteiger partial charge on any atom is 0.252 e. The van der Waals surface area contributed by atoms with E-state index >= 15 is 0 Å². The average Bonchev–Trinajstić information content (AvgIpc) is 4.45. The third-order valence-electron chi connectivity index (χ3n) is 16.0. The van der Waals surface area contributed by atoms with Crippen LogP contribution >= 0.6 is 34.0 Å². The molecular formula is C67H73N9O6S3. The minimum atomic E-state index is -1.84. The number of hydrogen-bond donors (Lipinski definition) is 9. The molecule has 0 saturated carbocycles. The maximum absolute atomic E-state index is 14.3. The average molecular weight is 1200 g/mol. The molecule has 3 amide bonds. The third-order valence-corrected chi connectivity index (χ3v) is 19.1. The molecule has 0 spiro atoms. The second-order valence-electron chi connectivity index (χ2n) is 21.9. The van der Waals surface area contributed by atoms with Gasteiger partial charge in [0, 0.05) is 56.3 Å². The predicted molar refractivity (Wildman–Crippen MR) is 347 cm³/mol. The van der Waals surface area contributed by atoms with Crippen molar-refractivity contribution in [3.05, 3.63) is 195 Å². The number of fused-ring (bicyclic) bond motifs is 3. The van der Waals surface area contributed by atoms with Crippen LogP contribution in [-0.2, 0) is 48.0 Å². The zero-order valence-electron chi connectivity index (χ0n) is 47.4. The smallest absolute Gasteiger partial charge is 0.252 e. The number of rotatable bonds is 30. The topological polar surface area (TPSA) is 295 Å². The summed E-state index contributed by atoms with van der Waals surface area (Å²) in [5, 5.41) is 17.5. The van der Waals surface area contributed by atoms with Crippen molar-refractivity contribution in [3.63, 3.8) is 0 Å². The van der Waals surface area contributed by atoms with Gasteiger partial charge in [-0.3, -0.25) is 28.8 Å². The first kappa shape index (κ1) is 61.9. The quantitative estimate of drug-likeness (QED) is 0.0115. The molecule has 0 radical (unpaired) electrons. The van der Waals surface area contributed by atoms with Gasteiger partial charge in [0.15, 0.2) is 34.0 Å². The van der Waals surface area contributed by atoms with E-state index in [1.54, 1.807) is 36.4 Å². The second-order valence-corrected chi connectivity index (χ2v) is 24.6. The predicted octanol–water partition coefficient (Wildman–Crippen LogP) is 10.2. The molecule has 9 aromatic rings. The van der Waals surface area contributed by atoms with E-state index in [4.69, 9.17) is 34.4 Å². The van der Waals surface area contributed by atoms with Gasteiger partial charge in [-0.1, -0.05) is 91.0 Å². The van der Waals surface area contributed by atoms with Crippen LogP contribution in [-0.4, -0.2) is 71.3 Å². The molecule has 0 aliphatic rings. The van der Waals surface area contributed by atoms with Crippen molar-refractivity contribution in [3.8, 4) is 0 Å². The van der Waals surface area contributed by atoms with E-state index in [0.29, 0.717) is 75.2 Å². The van der Waals surface area contributed by atoms with Gasteiger partial charge in [-0.25, -0.2) is 0 Å². The van der Waals surface area contributed by atoms with Gasteiger partial charge < -0.3 is 50.4 Å². The van der Waals surface area contributed by atoms with Gasteiger partial charge in [0.2, 0.25) is 0 Å². The van der Waals surface area contributed by atoms with E-state index in [1.807, 2.05) is 125 Å². The van der Waals surface area contributed by atoms with Gasteiger partial charge in [0.1, 0.15) is 0 Å². The second kappa shape index (κ2) is 28.1. The summed E-state index contributed by atoms with van der Waals surface area (Å²) in [7, 11) is 0. The van der Waals surface area contributed by atoms with Gasteiger partial charge in [0.05, 0.1) is 0 Å². The molecule has 6 aromatic carbocycles. The highest BCUT2D eigenvalue weighted by molar-refractivity contribution is 7.18. The van der Waals surface area contributed by atoms with Crippen molar-refractivity contribution in [2.24, 2.45) is 34.4 Å². The summed E-state index contributed by atoms with van der Waals surface area (Å²) in [4.78, 5) is 85.4. The van der Waals surface area contributed by atoms with Crippen LogP contribution < -0.4 is 50.4 Å². The van der Waals surface area contributed by atoms with Crippen LogP contribution in [0.1, 0.15) is 97.1 Å². The molecule has 3 aromatic heterocycles. The monoisotopic (exact) mass is 1200 g/mol. The SMILES string of the molecule is NCCCC[C@@](N)(C(=O)Cc1csc2ccccc12)C(=O)Nc1ccc(C(c2ccc(NC(=O)[C@@](N)(CCCCN)C(=O)Cc3csc4ccccc34)cc2)c2ccc(NC(=O)[C@@](N)(CCCCN)C(=O)Cc3csc4ccccc34)cc2)cc1. The number of ketones is 3. The Morgan fingerprint density at radius 3 is 0.882 bits per heavy atom. The van der Waals surface area contributed by atoms with Crippen LogP contribution in [0, 0.1) is 0 Å². The van der Waals surface area contributed by atoms with Crippen LogP contribution in [0.2, 0.25) is 0 Å². The van der Waals surface area contributed by atoms with Gasteiger partial charge in [-0.2, -0.15) is 0 Å². The Balaban J connectivity index is 0.984. The molecule has 9 rings (SSSR count). The fourth-order valence-electron chi connectivity index (χ4n) is 10.9. The maximum atomic E-state index is 14.3. The molecule has 15 nitrogen and oxygen atoms in total. The number of benzene rings is 6. The Kier molecular flexibility index (Phi) is 20.4. The highest BCUT2D eigenvalue weighted by Gasteiger charge is 2.44. The first-order valence-corrected chi connectivity index (χ1v) is 31.4. The Labute approximate surface area is 506 Å². The lowest BCUT2D eigenvalue weighted by atomic mass is 9.83. The van der Waals surface area contributed by atoms with E-state index in [2.05, 4.69) is 16.0 Å². The number of unbranched alkanes of at least 4 members (excludes halogenated alkanes) is 3. The van der Waals surface area contributed by atoms with E-state index in [9.17, 15) is 28.8 Å². The number of nitrogens with one attached hydrogen (secondary N) is 3. The van der Waals surface area contributed by atoms with Gasteiger partial charge in [0.25, 0.3) is 17.7 Å². The molecule has 3 heterocycles. The molecule has 0 saturated heterocycles. The van der Waals surface area contributed by atoms with Gasteiger partial charge >= 0.3 is 0 Å². The summed E-state index contributed by atoms with van der Waals surface area (Å²) in [5.74, 6) is -3.54. The standard InChI is InChI=1S/C67H73N9O6S3/c68-34-10-7-31-65(71,58(77)37-46-40-83-55-16-4-1-13-52(46)55)62(80)74-49-25-19-43(20-26-49)61(44-21-27-50(28-22-44)75-63(81)66(72,32-8-11-35-69)59(78)38-47-41-84-56-17-5-2-14-53(47)56)45-23-29-51(30-24-45)76-64(82)67(73,33-9-12-36-70)60(79)39-48-42-85-57-18-6-3-15-54(48)57/h1-6,13-30,40-42,61H,7-12,31-39,68-73H2,(H,74,80)(H,75,81)(H,76,82)/t65-,66-,67-/m1/s1. The Hall–Kier alpha value is -7.62. The Morgan fingerprint density at radius 1 is 0.365 bits per heavy atom. The molecule has 440 valence electrons.